The second-order valence-corrected chi connectivity index (χ2v) is 2.91. The third-order valence-corrected chi connectivity index (χ3v) is 1.94. The Bertz CT molecular complexity index is 196. The molecular formula is C9H14O3. The fourth-order valence-electron chi connectivity index (χ4n) is 1.15. The van der Waals surface area contributed by atoms with Gasteiger partial charge in [-0.05, 0) is 19.3 Å². The lowest BCUT2D eigenvalue weighted by molar-refractivity contribution is -0.123. The highest BCUT2D eigenvalue weighted by atomic mass is 16.5. The Kier molecular flexibility index (Phi) is 3.29. The van der Waals surface area contributed by atoms with Gasteiger partial charge in [0.25, 0.3) is 0 Å². The molecule has 1 heterocycles. The van der Waals surface area contributed by atoms with Gasteiger partial charge in [0.15, 0.2) is 5.78 Å². The van der Waals surface area contributed by atoms with E-state index in [9.17, 15) is 9.90 Å². The Morgan fingerprint density at radius 2 is 2.58 bits per heavy atom. The number of ketones is 1. The third kappa shape index (κ3) is 2.08. The largest absolute Gasteiger partial charge is 0.501 e. The van der Waals surface area contributed by atoms with E-state index in [1.165, 1.54) is 6.26 Å². The summed E-state index contributed by atoms with van der Waals surface area (Å²) in [7, 11) is 0. The highest BCUT2D eigenvalue weighted by Gasteiger charge is 2.19. The van der Waals surface area contributed by atoms with E-state index in [0.717, 1.165) is 12.8 Å². The third-order valence-electron chi connectivity index (χ3n) is 1.94. The molecule has 0 saturated carbocycles. The zero-order valence-corrected chi connectivity index (χ0v) is 7.25. The highest BCUT2D eigenvalue weighted by molar-refractivity contribution is 5.98. The van der Waals surface area contributed by atoms with Gasteiger partial charge in [-0.25, -0.2) is 0 Å². The molecule has 0 spiro atoms. The number of hydrogen-bond donors (Lipinski definition) is 1. The molecule has 1 N–H and O–H groups in total. The predicted molar refractivity (Wildman–Crippen MR) is 44.6 cm³/mol. The van der Waals surface area contributed by atoms with Crippen LogP contribution in [0.3, 0.4) is 0 Å². The van der Waals surface area contributed by atoms with E-state index in [-0.39, 0.29) is 5.78 Å². The van der Waals surface area contributed by atoms with Gasteiger partial charge in [0.1, 0.15) is 6.10 Å². The summed E-state index contributed by atoms with van der Waals surface area (Å²) in [6, 6.07) is 0. The zero-order chi connectivity index (χ0) is 8.97. The van der Waals surface area contributed by atoms with Crippen molar-refractivity contribution in [3.8, 4) is 0 Å². The van der Waals surface area contributed by atoms with E-state index < -0.39 is 6.10 Å². The summed E-state index contributed by atoms with van der Waals surface area (Å²) < 4.78 is 5.00. The van der Waals surface area contributed by atoms with E-state index in [1.54, 1.807) is 6.92 Å². The fourth-order valence-corrected chi connectivity index (χ4v) is 1.15. The number of ether oxygens (including phenoxy) is 1. The monoisotopic (exact) mass is 170 g/mol. The standard InChI is InChI=1S/C9H14O3/c1-2-8(10)9(11)7-4-3-5-12-6-7/h6,8,10H,2-5H2,1H3. The lowest BCUT2D eigenvalue weighted by atomic mass is 10.0. The topological polar surface area (TPSA) is 46.5 Å². The Balaban J connectivity index is 2.56. The first kappa shape index (κ1) is 9.26. The molecule has 0 bridgehead atoms. The average molecular weight is 170 g/mol. The van der Waals surface area contributed by atoms with Gasteiger partial charge in [-0.1, -0.05) is 6.92 Å². The molecule has 0 aliphatic carbocycles. The van der Waals surface area contributed by atoms with Crippen LogP contribution < -0.4 is 0 Å². The SMILES string of the molecule is CCC(O)C(=O)C1=COCCC1. The summed E-state index contributed by atoms with van der Waals surface area (Å²) in [6.45, 7) is 2.46. The summed E-state index contributed by atoms with van der Waals surface area (Å²) in [6.07, 6.45) is 2.70. The Labute approximate surface area is 72.0 Å². The van der Waals surface area contributed by atoms with Gasteiger partial charge in [0.05, 0.1) is 12.9 Å². The normalized spacial score (nSPS) is 19.3. The van der Waals surface area contributed by atoms with Crippen molar-refractivity contribution in [2.24, 2.45) is 0 Å². The van der Waals surface area contributed by atoms with Gasteiger partial charge < -0.3 is 9.84 Å². The molecule has 0 saturated heterocycles. The Hall–Kier alpha value is -0.830. The molecule has 1 rings (SSSR count). The predicted octanol–water partition coefficient (Wildman–Crippen LogP) is 1.02. The summed E-state index contributed by atoms with van der Waals surface area (Å²) >= 11 is 0. The first-order valence-electron chi connectivity index (χ1n) is 4.28. The zero-order valence-electron chi connectivity index (χ0n) is 7.25. The Morgan fingerprint density at radius 1 is 1.83 bits per heavy atom. The van der Waals surface area contributed by atoms with E-state index >= 15 is 0 Å². The van der Waals surface area contributed by atoms with Crippen molar-refractivity contribution in [1.82, 2.24) is 0 Å². The molecule has 0 aromatic carbocycles. The van der Waals surface area contributed by atoms with Crippen LogP contribution in [0.15, 0.2) is 11.8 Å². The van der Waals surface area contributed by atoms with Crippen LogP contribution in [0.2, 0.25) is 0 Å². The summed E-state index contributed by atoms with van der Waals surface area (Å²) in [5.41, 5.74) is 0.621. The van der Waals surface area contributed by atoms with Crippen LogP contribution in [-0.4, -0.2) is 23.6 Å². The van der Waals surface area contributed by atoms with Crippen molar-refractivity contribution >= 4 is 5.78 Å². The number of carbonyl (C=O) groups excluding carboxylic acids is 1. The van der Waals surface area contributed by atoms with E-state index in [4.69, 9.17) is 4.74 Å². The minimum Gasteiger partial charge on any atom is -0.501 e. The van der Waals surface area contributed by atoms with Crippen molar-refractivity contribution in [2.75, 3.05) is 6.61 Å². The van der Waals surface area contributed by atoms with Crippen LogP contribution in [0.25, 0.3) is 0 Å². The van der Waals surface area contributed by atoms with Gasteiger partial charge in [-0.2, -0.15) is 0 Å². The number of carbonyl (C=O) groups is 1. The molecule has 1 aliphatic heterocycles. The molecule has 0 amide bonds. The molecule has 0 fully saturated rings. The van der Waals surface area contributed by atoms with Crippen molar-refractivity contribution < 1.29 is 14.6 Å². The Morgan fingerprint density at radius 3 is 3.08 bits per heavy atom. The summed E-state index contributed by atoms with van der Waals surface area (Å²) in [5.74, 6) is -0.183. The molecule has 3 nitrogen and oxygen atoms in total. The molecule has 0 aromatic heterocycles. The summed E-state index contributed by atoms with van der Waals surface area (Å²) in [5, 5.41) is 9.23. The quantitative estimate of drug-likeness (QED) is 0.687. The number of aliphatic hydroxyl groups excluding tert-OH is 1. The molecular weight excluding hydrogens is 156 g/mol. The van der Waals surface area contributed by atoms with Crippen molar-refractivity contribution in [3.63, 3.8) is 0 Å². The van der Waals surface area contributed by atoms with Crippen LogP contribution in [0.4, 0.5) is 0 Å². The molecule has 1 atom stereocenters. The maximum atomic E-state index is 11.3. The van der Waals surface area contributed by atoms with Gasteiger partial charge in [-0.15, -0.1) is 0 Å². The van der Waals surface area contributed by atoms with Crippen LogP contribution >= 0.6 is 0 Å². The van der Waals surface area contributed by atoms with Crippen molar-refractivity contribution in [1.29, 1.82) is 0 Å². The summed E-state index contributed by atoms with van der Waals surface area (Å²) in [4.78, 5) is 11.3. The van der Waals surface area contributed by atoms with E-state index in [2.05, 4.69) is 0 Å². The van der Waals surface area contributed by atoms with Crippen LogP contribution in [-0.2, 0) is 9.53 Å². The first-order chi connectivity index (χ1) is 5.75. The van der Waals surface area contributed by atoms with Gasteiger partial charge in [-0.3, -0.25) is 4.79 Å². The lowest BCUT2D eigenvalue weighted by Gasteiger charge is -2.14. The molecule has 0 radical (unpaired) electrons. The number of rotatable bonds is 3. The van der Waals surface area contributed by atoms with Crippen LogP contribution in [0, 0.1) is 0 Å². The number of hydrogen-bond acceptors (Lipinski definition) is 3. The van der Waals surface area contributed by atoms with Crippen molar-refractivity contribution in [3.05, 3.63) is 11.8 Å². The number of aliphatic hydroxyl groups is 1. The second kappa shape index (κ2) is 4.26. The minimum absolute atomic E-state index is 0.183. The second-order valence-electron chi connectivity index (χ2n) is 2.91. The maximum absolute atomic E-state index is 11.3. The first-order valence-corrected chi connectivity index (χ1v) is 4.28. The maximum Gasteiger partial charge on any atom is 0.190 e. The molecule has 68 valence electrons. The fraction of sp³-hybridized carbons (Fsp3) is 0.667. The van der Waals surface area contributed by atoms with Gasteiger partial charge in [0, 0.05) is 5.57 Å². The minimum atomic E-state index is -0.849. The van der Waals surface area contributed by atoms with Crippen LogP contribution in [0.1, 0.15) is 26.2 Å². The molecule has 0 aromatic rings. The molecule has 12 heavy (non-hydrogen) atoms. The van der Waals surface area contributed by atoms with Crippen LogP contribution in [0.5, 0.6) is 0 Å². The van der Waals surface area contributed by atoms with E-state index in [0.29, 0.717) is 18.6 Å². The smallest absolute Gasteiger partial charge is 0.190 e. The van der Waals surface area contributed by atoms with E-state index in [1.807, 2.05) is 0 Å². The molecule has 3 heteroatoms. The molecule has 1 unspecified atom stereocenters. The van der Waals surface area contributed by atoms with Crippen molar-refractivity contribution in [2.45, 2.75) is 32.3 Å². The van der Waals surface area contributed by atoms with Gasteiger partial charge >= 0.3 is 0 Å². The average Bonchev–Trinajstić information content (AvgIpc) is 2.17. The number of Topliss-reactive ketones (excluding diaryl/α,β-unsaturated/α-hetero) is 1. The molecule has 1 aliphatic rings. The highest BCUT2D eigenvalue weighted by Crippen LogP contribution is 2.14. The van der Waals surface area contributed by atoms with Gasteiger partial charge in [0.2, 0.25) is 0 Å². The lowest BCUT2D eigenvalue weighted by Crippen LogP contribution is -2.22.